The van der Waals surface area contributed by atoms with Crippen molar-refractivity contribution < 1.29 is 19.1 Å². The Hall–Kier alpha value is -1.79. The first-order valence-electron chi connectivity index (χ1n) is 16.2. The Kier molecular flexibility index (Phi) is 24.0. The fourth-order valence-electron chi connectivity index (χ4n) is 4.53. The van der Waals surface area contributed by atoms with Crippen LogP contribution in [0.1, 0.15) is 163 Å². The fraction of sp³-hybridized carbons (Fsp3) is 0.906. The number of alkyl carbamates (subject to hydrolysis) is 1. The predicted octanol–water partition coefficient (Wildman–Crippen LogP) is 7.95. The largest absolute Gasteiger partial charge is 0.444 e. The van der Waals surface area contributed by atoms with E-state index >= 15 is 0 Å². The maximum Gasteiger partial charge on any atom is 0.407 e. The maximum atomic E-state index is 12.8. The Morgan fingerprint density at radius 3 is 1.56 bits per heavy atom. The van der Waals surface area contributed by atoms with Crippen LogP contribution in [0.15, 0.2) is 0 Å². The van der Waals surface area contributed by atoms with Crippen molar-refractivity contribution in [2.75, 3.05) is 13.1 Å². The van der Waals surface area contributed by atoms with Crippen molar-refractivity contribution in [3.8, 4) is 0 Å². The minimum Gasteiger partial charge on any atom is -0.444 e. The fourth-order valence-corrected chi connectivity index (χ4v) is 4.53. The van der Waals surface area contributed by atoms with Crippen LogP contribution in [0.3, 0.4) is 0 Å². The molecule has 0 aliphatic heterocycles. The molecule has 0 rings (SSSR count). The van der Waals surface area contributed by atoms with Gasteiger partial charge < -0.3 is 20.7 Å². The minimum absolute atomic E-state index is 0.107. The zero-order valence-electron chi connectivity index (χ0n) is 26.3. The molecule has 39 heavy (non-hydrogen) atoms. The number of hydrogen-bond acceptors (Lipinski definition) is 4. The molecule has 7 nitrogen and oxygen atoms in total. The zero-order chi connectivity index (χ0) is 29.2. The molecule has 0 aromatic heterocycles. The van der Waals surface area contributed by atoms with Crippen LogP contribution in [-0.2, 0) is 14.3 Å². The van der Waals surface area contributed by atoms with Gasteiger partial charge in [0.2, 0.25) is 11.8 Å². The van der Waals surface area contributed by atoms with Gasteiger partial charge in [0.05, 0.1) is 0 Å². The summed E-state index contributed by atoms with van der Waals surface area (Å²) in [5.74, 6) is -0.288. The van der Waals surface area contributed by atoms with Gasteiger partial charge in [0.1, 0.15) is 11.6 Å². The lowest BCUT2D eigenvalue weighted by molar-refractivity contribution is -0.129. The van der Waals surface area contributed by atoms with Gasteiger partial charge >= 0.3 is 6.09 Å². The van der Waals surface area contributed by atoms with Gasteiger partial charge in [-0.05, 0) is 40.0 Å². The van der Waals surface area contributed by atoms with Gasteiger partial charge in [-0.25, -0.2) is 4.79 Å². The lowest BCUT2D eigenvalue weighted by atomic mass is 10.0. The maximum absolute atomic E-state index is 12.8. The predicted molar refractivity (Wildman–Crippen MR) is 163 cm³/mol. The molecule has 0 radical (unpaired) electrons. The number of rotatable bonds is 25. The summed E-state index contributed by atoms with van der Waals surface area (Å²) < 4.78 is 5.27. The molecule has 0 fully saturated rings. The van der Waals surface area contributed by atoms with E-state index in [1.54, 1.807) is 20.8 Å². The Balaban J connectivity index is 4.23. The van der Waals surface area contributed by atoms with Gasteiger partial charge in [-0.15, -0.1) is 0 Å². The SMILES string of the molecule is CCCCCCCCCCCCCCCNC(=O)[C@H](CCNC(=O)OC(C)(C)C)NC(=O)CCCCCCC. The molecule has 0 unspecified atom stereocenters. The van der Waals surface area contributed by atoms with E-state index in [0.29, 0.717) is 19.4 Å². The first-order chi connectivity index (χ1) is 18.7. The van der Waals surface area contributed by atoms with Gasteiger partial charge in [-0.1, -0.05) is 117 Å². The molecule has 0 spiro atoms. The third-order valence-corrected chi connectivity index (χ3v) is 6.84. The first-order valence-corrected chi connectivity index (χ1v) is 16.2. The highest BCUT2D eigenvalue weighted by molar-refractivity contribution is 5.87. The molecule has 0 aliphatic carbocycles. The van der Waals surface area contributed by atoms with Crippen LogP contribution in [0.25, 0.3) is 0 Å². The molecule has 7 heteroatoms. The van der Waals surface area contributed by atoms with Gasteiger partial charge in [-0.2, -0.15) is 0 Å². The highest BCUT2D eigenvalue weighted by Crippen LogP contribution is 2.12. The van der Waals surface area contributed by atoms with E-state index in [2.05, 4.69) is 29.8 Å². The summed E-state index contributed by atoms with van der Waals surface area (Å²) in [6.07, 6.45) is 22.3. The molecule has 230 valence electrons. The normalized spacial score (nSPS) is 12.1. The number of ether oxygens (including phenoxy) is 1. The Morgan fingerprint density at radius 2 is 1.08 bits per heavy atom. The molecule has 0 saturated carbocycles. The average molecular weight is 554 g/mol. The molecule has 0 aromatic carbocycles. The standard InChI is InChI=1S/C32H63N3O4/c1-6-8-10-12-13-14-15-16-17-18-19-21-23-26-33-30(37)28(25-27-34-31(38)39-32(3,4)5)35-29(36)24-22-20-11-9-7-2/h28H,6-27H2,1-5H3,(H,33,37)(H,34,38)(H,35,36)/t28-/m0/s1. The summed E-state index contributed by atoms with van der Waals surface area (Å²) >= 11 is 0. The summed E-state index contributed by atoms with van der Waals surface area (Å²) in [6, 6.07) is -0.662. The second kappa shape index (κ2) is 25.2. The number of hydrogen-bond donors (Lipinski definition) is 3. The summed E-state index contributed by atoms with van der Waals surface area (Å²) in [7, 11) is 0. The van der Waals surface area contributed by atoms with Gasteiger partial charge in [0, 0.05) is 19.5 Å². The van der Waals surface area contributed by atoms with Gasteiger partial charge in [-0.3, -0.25) is 9.59 Å². The molecule has 0 heterocycles. The summed E-state index contributed by atoms with van der Waals surface area (Å²) in [6.45, 7) is 10.7. The highest BCUT2D eigenvalue weighted by atomic mass is 16.6. The molecule has 0 aliphatic rings. The molecular weight excluding hydrogens is 490 g/mol. The van der Waals surface area contributed by atoms with Crippen LogP contribution in [0.5, 0.6) is 0 Å². The Morgan fingerprint density at radius 1 is 0.615 bits per heavy atom. The molecule has 3 amide bonds. The van der Waals surface area contributed by atoms with Crippen molar-refractivity contribution in [1.29, 1.82) is 0 Å². The lowest BCUT2D eigenvalue weighted by Crippen LogP contribution is -2.48. The number of amides is 3. The zero-order valence-corrected chi connectivity index (χ0v) is 26.3. The quantitative estimate of drug-likeness (QED) is 0.0999. The van der Waals surface area contributed by atoms with Crippen molar-refractivity contribution in [2.24, 2.45) is 0 Å². The first kappa shape index (κ1) is 37.2. The van der Waals surface area contributed by atoms with E-state index in [9.17, 15) is 14.4 Å². The van der Waals surface area contributed by atoms with Gasteiger partial charge in [0.25, 0.3) is 0 Å². The van der Waals surface area contributed by atoms with E-state index in [1.807, 2.05) is 0 Å². The molecule has 3 N–H and O–H groups in total. The molecular formula is C32H63N3O4. The van der Waals surface area contributed by atoms with Crippen LogP contribution in [0.4, 0.5) is 4.79 Å². The van der Waals surface area contributed by atoms with Gasteiger partial charge in [0.15, 0.2) is 0 Å². The summed E-state index contributed by atoms with van der Waals surface area (Å²) in [5.41, 5.74) is -0.583. The van der Waals surface area contributed by atoms with Crippen LogP contribution >= 0.6 is 0 Å². The van der Waals surface area contributed by atoms with E-state index < -0.39 is 17.7 Å². The second-order valence-electron chi connectivity index (χ2n) is 12.0. The van der Waals surface area contributed by atoms with E-state index in [-0.39, 0.29) is 18.4 Å². The van der Waals surface area contributed by atoms with Crippen molar-refractivity contribution in [1.82, 2.24) is 16.0 Å². The average Bonchev–Trinajstić information content (AvgIpc) is 2.87. The third-order valence-electron chi connectivity index (χ3n) is 6.84. The van der Waals surface area contributed by atoms with Crippen LogP contribution < -0.4 is 16.0 Å². The number of nitrogens with one attached hydrogen (secondary N) is 3. The Labute approximate surface area is 240 Å². The van der Waals surface area contributed by atoms with E-state index in [4.69, 9.17) is 4.74 Å². The van der Waals surface area contributed by atoms with Crippen molar-refractivity contribution >= 4 is 17.9 Å². The van der Waals surface area contributed by atoms with Crippen LogP contribution in [0, 0.1) is 0 Å². The number of carbonyl (C=O) groups is 3. The summed E-state index contributed by atoms with van der Waals surface area (Å²) in [4.78, 5) is 37.3. The smallest absolute Gasteiger partial charge is 0.407 e. The van der Waals surface area contributed by atoms with E-state index in [0.717, 1.165) is 32.1 Å². The third kappa shape index (κ3) is 26.2. The monoisotopic (exact) mass is 553 g/mol. The molecule has 1 atom stereocenters. The lowest BCUT2D eigenvalue weighted by Gasteiger charge is -2.21. The number of unbranched alkanes of at least 4 members (excludes halogenated alkanes) is 16. The van der Waals surface area contributed by atoms with E-state index in [1.165, 1.54) is 83.5 Å². The van der Waals surface area contributed by atoms with Crippen molar-refractivity contribution in [3.63, 3.8) is 0 Å². The van der Waals surface area contributed by atoms with Crippen LogP contribution in [0.2, 0.25) is 0 Å². The summed E-state index contributed by atoms with van der Waals surface area (Å²) in [5, 5.41) is 8.57. The topological polar surface area (TPSA) is 96.5 Å². The Bertz CT molecular complexity index is 619. The molecule has 0 saturated heterocycles. The molecule has 0 bridgehead atoms. The minimum atomic E-state index is -0.662. The molecule has 0 aromatic rings. The van der Waals surface area contributed by atoms with Crippen LogP contribution in [-0.4, -0.2) is 42.6 Å². The van der Waals surface area contributed by atoms with Crippen molar-refractivity contribution in [2.45, 2.75) is 175 Å². The van der Waals surface area contributed by atoms with Crippen molar-refractivity contribution in [3.05, 3.63) is 0 Å². The second-order valence-corrected chi connectivity index (χ2v) is 12.0. The number of carbonyl (C=O) groups excluding carboxylic acids is 3. The highest BCUT2D eigenvalue weighted by Gasteiger charge is 2.21.